The van der Waals surface area contributed by atoms with E-state index < -0.39 is 12.1 Å². The molecule has 17 heavy (non-hydrogen) atoms. The number of nitriles is 1. The van der Waals surface area contributed by atoms with E-state index >= 15 is 0 Å². The number of halogens is 1. The molecule has 0 saturated carbocycles. The van der Waals surface area contributed by atoms with Crippen LogP contribution in [0.5, 0.6) is 0 Å². The molecule has 0 aliphatic heterocycles. The minimum absolute atomic E-state index is 0.00850. The maximum atomic E-state index is 11.0. The van der Waals surface area contributed by atoms with E-state index in [0.29, 0.717) is 5.69 Å². The van der Waals surface area contributed by atoms with E-state index in [1.807, 2.05) is 6.07 Å². The van der Waals surface area contributed by atoms with E-state index in [1.165, 1.54) is 18.2 Å². The van der Waals surface area contributed by atoms with Crippen molar-refractivity contribution >= 4 is 23.3 Å². The summed E-state index contributed by atoms with van der Waals surface area (Å²) in [6.45, 7) is 0.148. The third kappa shape index (κ3) is 3.63. The lowest BCUT2D eigenvalue weighted by Gasteiger charge is -2.12. The summed E-state index contributed by atoms with van der Waals surface area (Å²) < 4.78 is 0. The maximum Gasteiger partial charge on any atom is 0.337 e. The standard InChI is InChI=1S/C11H11ClN2O3/c12-4-8(15)6-14-10-2-1-7(5-13)3-9(10)11(16)17/h1-3,8,14-15H,4,6H2,(H,16,17). The second-order valence-electron chi connectivity index (χ2n) is 3.37. The second kappa shape index (κ2) is 6.09. The number of rotatable bonds is 5. The molecule has 5 nitrogen and oxygen atoms in total. The number of alkyl halides is 1. The average Bonchev–Trinajstić information content (AvgIpc) is 2.35. The number of carbonyl (C=O) groups is 1. The molecule has 90 valence electrons. The van der Waals surface area contributed by atoms with Crippen molar-refractivity contribution in [3.8, 4) is 6.07 Å². The summed E-state index contributed by atoms with van der Waals surface area (Å²) in [4.78, 5) is 11.0. The van der Waals surface area contributed by atoms with Gasteiger partial charge in [0, 0.05) is 12.2 Å². The fourth-order valence-electron chi connectivity index (χ4n) is 1.23. The molecule has 1 aromatic carbocycles. The largest absolute Gasteiger partial charge is 0.478 e. The number of carboxylic acid groups (broad SMARTS) is 1. The third-order valence-electron chi connectivity index (χ3n) is 2.09. The van der Waals surface area contributed by atoms with Gasteiger partial charge in [-0.3, -0.25) is 0 Å². The van der Waals surface area contributed by atoms with E-state index in [0.717, 1.165) is 0 Å². The van der Waals surface area contributed by atoms with Crippen LogP contribution in [0.3, 0.4) is 0 Å². The SMILES string of the molecule is N#Cc1ccc(NCC(O)CCl)c(C(=O)O)c1. The first-order chi connectivity index (χ1) is 8.08. The third-order valence-corrected chi connectivity index (χ3v) is 2.44. The van der Waals surface area contributed by atoms with Crippen molar-refractivity contribution in [2.45, 2.75) is 6.10 Å². The van der Waals surface area contributed by atoms with Crippen LogP contribution >= 0.6 is 11.6 Å². The highest BCUT2D eigenvalue weighted by Crippen LogP contribution is 2.17. The van der Waals surface area contributed by atoms with Crippen molar-refractivity contribution < 1.29 is 15.0 Å². The average molecular weight is 255 g/mol. The highest BCUT2D eigenvalue weighted by Gasteiger charge is 2.12. The number of benzene rings is 1. The van der Waals surface area contributed by atoms with Crippen LogP contribution in [-0.4, -0.2) is 34.7 Å². The Morgan fingerprint density at radius 1 is 1.59 bits per heavy atom. The lowest BCUT2D eigenvalue weighted by molar-refractivity contribution is 0.0697. The molecule has 0 heterocycles. The molecule has 0 saturated heterocycles. The van der Waals surface area contributed by atoms with E-state index in [4.69, 9.17) is 22.0 Å². The summed E-state index contributed by atoms with van der Waals surface area (Å²) >= 11 is 5.42. The zero-order chi connectivity index (χ0) is 12.8. The van der Waals surface area contributed by atoms with E-state index in [1.54, 1.807) is 0 Å². The van der Waals surface area contributed by atoms with Gasteiger partial charge >= 0.3 is 5.97 Å². The van der Waals surface area contributed by atoms with Crippen LogP contribution in [0.15, 0.2) is 18.2 Å². The predicted octanol–water partition coefficient (Wildman–Crippen LogP) is 1.27. The maximum absolute atomic E-state index is 11.0. The number of nitrogens with one attached hydrogen (secondary N) is 1. The number of hydrogen-bond acceptors (Lipinski definition) is 4. The van der Waals surface area contributed by atoms with Crippen molar-refractivity contribution in [3.63, 3.8) is 0 Å². The summed E-state index contributed by atoms with van der Waals surface area (Å²) in [7, 11) is 0. The molecule has 1 aromatic rings. The fourth-order valence-corrected chi connectivity index (χ4v) is 1.34. The Balaban J connectivity index is 2.92. The number of aliphatic hydroxyl groups is 1. The molecule has 0 aromatic heterocycles. The van der Waals surface area contributed by atoms with Gasteiger partial charge in [0.1, 0.15) is 0 Å². The van der Waals surface area contributed by atoms with Crippen LogP contribution in [0.1, 0.15) is 15.9 Å². The van der Waals surface area contributed by atoms with Gasteiger partial charge in [-0.05, 0) is 18.2 Å². The Kier molecular flexibility index (Phi) is 4.76. The normalized spacial score (nSPS) is 11.6. The van der Waals surface area contributed by atoms with Gasteiger partial charge in [0.25, 0.3) is 0 Å². The molecule has 0 amide bonds. The Hall–Kier alpha value is -1.77. The zero-order valence-corrected chi connectivity index (χ0v) is 9.61. The lowest BCUT2D eigenvalue weighted by Crippen LogP contribution is -2.21. The Labute approximate surface area is 103 Å². The van der Waals surface area contributed by atoms with Crippen molar-refractivity contribution in [2.75, 3.05) is 17.7 Å². The molecule has 1 atom stereocenters. The van der Waals surface area contributed by atoms with E-state index in [2.05, 4.69) is 5.32 Å². The van der Waals surface area contributed by atoms with Crippen molar-refractivity contribution in [1.29, 1.82) is 5.26 Å². The molecule has 1 unspecified atom stereocenters. The van der Waals surface area contributed by atoms with Crippen LogP contribution in [0.2, 0.25) is 0 Å². The molecule has 1 rings (SSSR count). The Morgan fingerprint density at radius 2 is 2.29 bits per heavy atom. The molecule has 0 fully saturated rings. The first-order valence-electron chi connectivity index (χ1n) is 4.83. The van der Waals surface area contributed by atoms with Gasteiger partial charge in [0.15, 0.2) is 0 Å². The monoisotopic (exact) mass is 254 g/mol. The molecule has 3 N–H and O–H groups in total. The molecule has 6 heteroatoms. The van der Waals surface area contributed by atoms with Crippen LogP contribution in [-0.2, 0) is 0 Å². The van der Waals surface area contributed by atoms with E-state index in [-0.39, 0.29) is 23.6 Å². The fraction of sp³-hybridized carbons (Fsp3) is 0.273. The highest BCUT2D eigenvalue weighted by atomic mass is 35.5. The van der Waals surface area contributed by atoms with E-state index in [9.17, 15) is 9.90 Å². The molecular formula is C11H11ClN2O3. The van der Waals surface area contributed by atoms with Crippen molar-refractivity contribution in [2.24, 2.45) is 0 Å². The van der Waals surface area contributed by atoms with Gasteiger partial charge in [-0.25, -0.2) is 4.79 Å². The molecule has 0 spiro atoms. The number of nitrogens with zero attached hydrogens (tertiary/aromatic N) is 1. The van der Waals surface area contributed by atoms with Gasteiger partial charge < -0.3 is 15.5 Å². The quantitative estimate of drug-likeness (QED) is 0.688. The van der Waals surface area contributed by atoms with Crippen LogP contribution < -0.4 is 5.32 Å². The van der Waals surface area contributed by atoms with Gasteiger partial charge in [0.2, 0.25) is 0 Å². The van der Waals surface area contributed by atoms with Crippen molar-refractivity contribution in [1.82, 2.24) is 0 Å². The molecule has 0 bridgehead atoms. The predicted molar refractivity (Wildman–Crippen MR) is 63.3 cm³/mol. The smallest absolute Gasteiger partial charge is 0.337 e. The summed E-state index contributed by atoms with van der Waals surface area (Å²) in [6.07, 6.45) is -0.756. The van der Waals surface area contributed by atoms with Crippen molar-refractivity contribution in [3.05, 3.63) is 29.3 Å². The molecular weight excluding hydrogens is 244 g/mol. The topological polar surface area (TPSA) is 93.4 Å². The summed E-state index contributed by atoms with van der Waals surface area (Å²) in [5.74, 6) is -1.07. The second-order valence-corrected chi connectivity index (χ2v) is 3.67. The number of aromatic carboxylic acids is 1. The number of aliphatic hydroxyl groups excluding tert-OH is 1. The number of carboxylic acids is 1. The van der Waals surface area contributed by atoms with Crippen LogP contribution in [0, 0.1) is 11.3 Å². The summed E-state index contributed by atoms with van der Waals surface area (Å²) in [5.41, 5.74) is 0.609. The lowest BCUT2D eigenvalue weighted by atomic mass is 10.1. The van der Waals surface area contributed by atoms with Crippen LogP contribution in [0.25, 0.3) is 0 Å². The number of anilines is 1. The Morgan fingerprint density at radius 3 is 2.82 bits per heavy atom. The highest BCUT2D eigenvalue weighted by molar-refractivity contribution is 6.18. The Bertz CT molecular complexity index is 457. The molecule has 0 aliphatic rings. The first kappa shape index (κ1) is 13.3. The number of hydrogen-bond donors (Lipinski definition) is 3. The summed E-state index contributed by atoms with van der Waals surface area (Å²) in [6, 6.07) is 6.13. The van der Waals surface area contributed by atoms with Crippen LogP contribution in [0.4, 0.5) is 5.69 Å². The van der Waals surface area contributed by atoms with Gasteiger partial charge in [-0.15, -0.1) is 11.6 Å². The summed E-state index contributed by atoms with van der Waals surface area (Å²) in [5, 5.41) is 29.7. The molecule has 0 aliphatic carbocycles. The minimum Gasteiger partial charge on any atom is -0.478 e. The van der Waals surface area contributed by atoms with Gasteiger partial charge in [-0.2, -0.15) is 5.26 Å². The molecule has 0 radical (unpaired) electrons. The zero-order valence-electron chi connectivity index (χ0n) is 8.85. The minimum atomic E-state index is -1.13. The van der Waals surface area contributed by atoms with Gasteiger partial charge in [0.05, 0.1) is 29.2 Å². The first-order valence-corrected chi connectivity index (χ1v) is 5.37. The van der Waals surface area contributed by atoms with Gasteiger partial charge in [-0.1, -0.05) is 0 Å².